The van der Waals surface area contributed by atoms with Crippen molar-refractivity contribution in [1.29, 1.82) is 0 Å². The number of piperidine rings is 1. The van der Waals surface area contributed by atoms with Crippen LogP contribution in [0, 0.1) is 5.82 Å². The summed E-state index contributed by atoms with van der Waals surface area (Å²) in [5, 5.41) is 9.90. The summed E-state index contributed by atoms with van der Waals surface area (Å²) < 4.78 is 47.5. The highest BCUT2D eigenvalue weighted by Crippen LogP contribution is 2.27. The van der Waals surface area contributed by atoms with Gasteiger partial charge in [0.1, 0.15) is 22.9 Å². The number of rotatable bonds is 9. The van der Waals surface area contributed by atoms with Crippen LogP contribution in [0.2, 0.25) is 5.02 Å². The normalized spacial score (nSPS) is 14.7. The van der Waals surface area contributed by atoms with Crippen LogP contribution in [0.25, 0.3) is 11.3 Å². The van der Waals surface area contributed by atoms with Crippen LogP contribution in [-0.2, 0) is 34.1 Å². The monoisotopic (exact) mass is 632 g/mol. The van der Waals surface area contributed by atoms with Gasteiger partial charge in [0.2, 0.25) is 10.0 Å². The van der Waals surface area contributed by atoms with Gasteiger partial charge in [0.25, 0.3) is 0 Å². The van der Waals surface area contributed by atoms with Crippen molar-refractivity contribution in [2.75, 3.05) is 19.3 Å². The van der Waals surface area contributed by atoms with Crippen LogP contribution in [0.4, 0.5) is 9.18 Å². The van der Waals surface area contributed by atoms with Gasteiger partial charge in [0.15, 0.2) is 5.82 Å². The number of phenols is 1. The van der Waals surface area contributed by atoms with Crippen LogP contribution >= 0.6 is 11.6 Å². The van der Waals surface area contributed by atoms with Crippen LogP contribution < -0.4 is 0 Å². The van der Waals surface area contributed by atoms with E-state index in [0.717, 1.165) is 11.8 Å². The zero-order chi connectivity index (χ0) is 31.4. The van der Waals surface area contributed by atoms with Crippen LogP contribution in [0.3, 0.4) is 0 Å². The zero-order valence-corrected chi connectivity index (χ0v) is 26.5. The lowest BCUT2D eigenvalue weighted by Crippen LogP contribution is -2.49. The Hall–Kier alpha value is -3.28. The van der Waals surface area contributed by atoms with Gasteiger partial charge in [-0.25, -0.2) is 27.6 Å². The standard InChI is InChI=1S/C31H38ClFN4O5S/c1-31(2,3)42-30(39)36-15-13-24(14-16-36)37(43(4,40)41)20-22-8-5-9-23(17-22)29-26(33)19-34-28(35-29)10-6-7-21-11-12-27(38)25(32)18-21/h5,8-9,11-12,17-19,24,38H,6-7,10,13-16,20H2,1-4H3. The average molecular weight is 633 g/mol. The van der Waals surface area contributed by atoms with Gasteiger partial charge in [0.05, 0.1) is 17.5 Å². The molecule has 12 heteroatoms. The van der Waals surface area contributed by atoms with Crippen molar-refractivity contribution in [2.45, 2.75) is 71.1 Å². The van der Waals surface area contributed by atoms with E-state index in [-0.39, 0.29) is 24.0 Å². The fourth-order valence-corrected chi connectivity index (χ4v) is 6.40. The van der Waals surface area contributed by atoms with Crippen molar-refractivity contribution in [1.82, 2.24) is 19.2 Å². The Bertz CT molecular complexity index is 1560. The molecule has 232 valence electrons. The number of aryl methyl sites for hydroxylation is 2. The summed E-state index contributed by atoms with van der Waals surface area (Å²) in [6, 6.07) is 11.8. The second-order valence-electron chi connectivity index (χ2n) is 11.8. The maximum absolute atomic E-state index is 14.9. The van der Waals surface area contributed by atoms with Crippen LogP contribution in [0.1, 0.15) is 57.0 Å². The lowest BCUT2D eigenvalue weighted by atomic mass is 10.0. The molecule has 1 amide bonds. The molecule has 43 heavy (non-hydrogen) atoms. The molecule has 3 aromatic rings. The number of hydrogen-bond acceptors (Lipinski definition) is 7. The van der Waals surface area contributed by atoms with E-state index in [0.29, 0.717) is 67.2 Å². The number of aromatic hydroxyl groups is 1. The number of likely N-dealkylation sites (tertiary alicyclic amines) is 1. The number of sulfonamides is 1. The van der Waals surface area contributed by atoms with E-state index in [1.165, 1.54) is 10.6 Å². The van der Waals surface area contributed by atoms with E-state index in [2.05, 4.69) is 9.97 Å². The largest absolute Gasteiger partial charge is 0.506 e. The predicted molar refractivity (Wildman–Crippen MR) is 164 cm³/mol. The Balaban J connectivity index is 1.44. The highest BCUT2D eigenvalue weighted by atomic mass is 35.5. The van der Waals surface area contributed by atoms with Crippen molar-refractivity contribution < 1.29 is 27.4 Å². The SMILES string of the molecule is CC(C)(C)OC(=O)N1CCC(N(Cc2cccc(-c3nc(CCCc4ccc(O)c(Cl)c4)ncc3F)c2)S(C)(=O)=O)CC1. The molecule has 0 spiro atoms. The minimum Gasteiger partial charge on any atom is -0.506 e. The number of carbonyl (C=O) groups excluding carboxylic acids is 1. The molecule has 1 N–H and O–H groups in total. The number of ether oxygens (including phenoxy) is 1. The molecule has 4 rings (SSSR count). The van der Waals surface area contributed by atoms with E-state index in [4.69, 9.17) is 16.3 Å². The number of benzene rings is 2. The first-order valence-electron chi connectivity index (χ1n) is 14.2. The Kier molecular flexibility index (Phi) is 10.3. The summed E-state index contributed by atoms with van der Waals surface area (Å²) in [4.78, 5) is 22.7. The van der Waals surface area contributed by atoms with Gasteiger partial charge >= 0.3 is 6.09 Å². The average Bonchev–Trinajstić information content (AvgIpc) is 2.93. The van der Waals surface area contributed by atoms with Gasteiger partial charge in [-0.05, 0) is 75.8 Å². The third-order valence-corrected chi connectivity index (χ3v) is 8.74. The van der Waals surface area contributed by atoms with Gasteiger partial charge in [-0.15, -0.1) is 0 Å². The molecule has 1 aromatic heterocycles. The number of amides is 1. The van der Waals surface area contributed by atoms with Gasteiger partial charge in [-0.3, -0.25) is 0 Å². The number of phenolic OH excluding ortho intramolecular Hbond substituents is 1. The van der Waals surface area contributed by atoms with E-state index in [1.54, 1.807) is 47.4 Å². The first kappa shape index (κ1) is 32.6. The van der Waals surface area contributed by atoms with Crippen molar-refractivity contribution >= 4 is 27.7 Å². The molecule has 0 radical (unpaired) electrons. The van der Waals surface area contributed by atoms with Crippen LogP contribution in [-0.4, -0.2) is 69.8 Å². The molecule has 2 aromatic carbocycles. The number of hydrogen-bond donors (Lipinski definition) is 1. The summed E-state index contributed by atoms with van der Waals surface area (Å²) in [7, 11) is -3.58. The Labute approximate surface area is 257 Å². The van der Waals surface area contributed by atoms with Crippen molar-refractivity contribution in [3.63, 3.8) is 0 Å². The first-order chi connectivity index (χ1) is 20.2. The smallest absolute Gasteiger partial charge is 0.410 e. The maximum atomic E-state index is 14.9. The molecule has 1 aliphatic heterocycles. The number of carbonyl (C=O) groups is 1. The van der Waals surface area contributed by atoms with E-state index in [9.17, 15) is 22.7 Å². The summed E-state index contributed by atoms with van der Waals surface area (Å²) in [6.45, 7) is 6.31. The lowest BCUT2D eigenvalue weighted by molar-refractivity contribution is 0.0176. The van der Waals surface area contributed by atoms with Crippen molar-refractivity contribution in [3.8, 4) is 17.0 Å². The number of aromatic nitrogens is 2. The molecule has 2 heterocycles. The summed E-state index contributed by atoms with van der Waals surface area (Å²) >= 11 is 5.99. The van der Waals surface area contributed by atoms with Crippen LogP contribution in [0.5, 0.6) is 5.75 Å². The third-order valence-electron chi connectivity index (χ3n) is 7.16. The molecular formula is C31H38ClFN4O5S. The summed E-state index contributed by atoms with van der Waals surface area (Å²) in [5.41, 5.74) is 1.72. The second-order valence-corrected chi connectivity index (χ2v) is 14.2. The Morgan fingerprint density at radius 3 is 2.51 bits per heavy atom. The van der Waals surface area contributed by atoms with Gasteiger partial charge < -0.3 is 14.7 Å². The third kappa shape index (κ3) is 9.11. The van der Waals surface area contributed by atoms with Crippen molar-refractivity contribution in [2.24, 2.45) is 0 Å². The molecule has 0 bridgehead atoms. The fraction of sp³-hybridized carbons (Fsp3) is 0.452. The van der Waals surface area contributed by atoms with Gasteiger partial charge in [-0.2, -0.15) is 4.31 Å². The number of halogens is 2. The molecule has 1 aliphatic rings. The zero-order valence-electron chi connectivity index (χ0n) is 24.9. The predicted octanol–water partition coefficient (Wildman–Crippen LogP) is 5.98. The first-order valence-corrected chi connectivity index (χ1v) is 16.4. The molecular weight excluding hydrogens is 595 g/mol. The molecule has 0 aliphatic carbocycles. The van der Waals surface area contributed by atoms with E-state index in [1.807, 2.05) is 20.8 Å². The quantitative estimate of drug-likeness (QED) is 0.309. The highest BCUT2D eigenvalue weighted by Gasteiger charge is 2.33. The van der Waals surface area contributed by atoms with Gasteiger partial charge in [0, 0.05) is 37.7 Å². The minimum absolute atomic E-state index is 0.0300. The Morgan fingerprint density at radius 2 is 1.86 bits per heavy atom. The second kappa shape index (κ2) is 13.6. The molecule has 1 fully saturated rings. The molecule has 0 unspecified atom stereocenters. The Morgan fingerprint density at radius 1 is 1.14 bits per heavy atom. The fourth-order valence-electron chi connectivity index (χ4n) is 5.06. The minimum atomic E-state index is -3.58. The van der Waals surface area contributed by atoms with E-state index < -0.39 is 27.5 Å². The topological polar surface area (TPSA) is 113 Å². The highest BCUT2D eigenvalue weighted by molar-refractivity contribution is 7.88. The molecule has 0 atom stereocenters. The molecule has 0 saturated carbocycles. The summed E-state index contributed by atoms with van der Waals surface area (Å²) in [6.07, 6.45) is 4.78. The summed E-state index contributed by atoms with van der Waals surface area (Å²) in [5.74, 6) is -0.0516. The van der Waals surface area contributed by atoms with Gasteiger partial charge in [-0.1, -0.05) is 35.9 Å². The molecule has 9 nitrogen and oxygen atoms in total. The maximum Gasteiger partial charge on any atom is 0.410 e. The van der Waals surface area contributed by atoms with E-state index >= 15 is 0 Å². The lowest BCUT2D eigenvalue weighted by Gasteiger charge is -2.37. The van der Waals surface area contributed by atoms with Crippen molar-refractivity contribution in [3.05, 3.63) is 76.5 Å². The van der Waals surface area contributed by atoms with Crippen LogP contribution in [0.15, 0.2) is 48.7 Å². The molecule has 1 saturated heterocycles. The number of nitrogens with zero attached hydrogens (tertiary/aromatic N) is 4.